The summed E-state index contributed by atoms with van der Waals surface area (Å²) in [5.74, 6) is 0.813. The average molecular weight is 353 g/mol. The minimum absolute atomic E-state index is 0.0718. The van der Waals surface area contributed by atoms with Crippen molar-refractivity contribution in [2.45, 2.75) is 19.8 Å². The second kappa shape index (κ2) is 7.91. The molecule has 0 aliphatic heterocycles. The van der Waals surface area contributed by atoms with Crippen molar-refractivity contribution >= 4 is 28.9 Å². The quantitative estimate of drug-likeness (QED) is 0.713. The van der Waals surface area contributed by atoms with Crippen LogP contribution >= 0.6 is 0 Å². The third-order valence-corrected chi connectivity index (χ3v) is 4.35. The van der Waals surface area contributed by atoms with Gasteiger partial charge in [-0.2, -0.15) is 0 Å². The van der Waals surface area contributed by atoms with Gasteiger partial charge in [-0.15, -0.1) is 0 Å². The van der Waals surface area contributed by atoms with Crippen molar-refractivity contribution in [1.82, 2.24) is 0 Å². The molecule has 1 aliphatic carbocycles. The van der Waals surface area contributed by atoms with E-state index in [4.69, 9.17) is 4.74 Å². The molecule has 0 heterocycles. The summed E-state index contributed by atoms with van der Waals surface area (Å²) in [6.45, 7) is 2.05. The van der Waals surface area contributed by atoms with E-state index in [1.54, 1.807) is 31.4 Å². The lowest BCUT2D eigenvalue weighted by Gasteiger charge is -2.14. The maximum Gasteiger partial charge on any atom is 0.243 e. The Morgan fingerprint density at radius 1 is 1.04 bits per heavy atom. The molecule has 1 saturated carbocycles. The van der Waals surface area contributed by atoms with Gasteiger partial charge in [0.05, 0.1) is 13.7 Å². The molecule has 0 atom stereocenters. The van der Waals surface area contributed by atoms with Crippen molar-refractivity contribution in [3.63, 3.8) is 0 Å². The molecule has 6 heteroatoms. The van der Waals surface area contributed by atoms with Crippen molar-refractivity contribution in [2.24, 2.45) is 5.92 Å². The first-order chi connectivity index (χ1) is 12.6. The smallest absolute Gasteiger partial charge is 0.243 e. The van der Waals surface area contributed by atoms with Crippen LogP contribution in [0.15, 0.2) is 42.5 Å². The minimum atomic E-state index is -0.151. The lowest BCUT2D eigenvalue weighted by Crippen LogP contribution is -2.22. The van der Waals surface area contributed by atoms with Gasteiger partial charge in [0.15, 0.2) is 0 Å². The number of carbonyl (C=O) groups excluding carboxylic acids is 2. The van der Waals surface area contributed by atoms with Gasteiger partial charge in [-0.1, -0.05) is 6.07 Å². The highest BCUT2D eigenvalue weighted by Gasteiger charge is 2.29. The maximum atomic E-state index is 12.1. The standard InChI is InChI=1S/C20H23N3O3/c1-13-17(4-3-5-18(13)23-20(25)14-6-7-14)21-12-19(24)22-15-8-10-16(26-2)11-9-15/h3-5,8-11,14,21H,6-7,12H2,1-2H3,(H,22,24)(H,23,25). The van der Waals surface area contributed by atoms with Crippen molar-refractivity contribution < 1.29 is 14.3 Å². The summed E-state index contributed by atoms with van der Waals surface area (Å²) in [5.41, 5.74) is 3.23. The van der Waals surface area contributed by atoms with Crippen LogP contribution in [0.4, 0.5) is 17.1 Å². The van der Waals surface area contributed by atoms with Gasteiger partial charge >= 0.3 is 0 Å². The number of benzene rings is 2. The molecule has 0 spiro atoms. The van der Waals surface area contributed by atoms with Crippen molar-refractivity contribution in [3.05, 3.63) is 48.0 Å². The summed E-state index contributed by atoms with van der Waals surface area (Å²) in [7, 11) is 1.60. The zero-order valence-corrected chi connectivity index (χ0v) is 15.0. The number of amides is 2. The Kier molecular flexibility index (Phi) is 5.41. The summed E-state index contributed by atoms with van der Waals surface area (Å²) >= 11 is 0. The Hall–Kier alpha value is -3.02. The average Bonchev–Trinajstić information content (AvgIpc) is 3.48. The van der Waals surface area contributed by atoms with E-state index in [0.717, 1.165) is 35.5 Å². The lowest BCUT2D eigenvalue weighted by molar-refractivity contribution is -0.117. The van der Waals surface area contributed by atoms with Gasteiger partial charge in [-0.05, 0) is 61.7 Å². The van der Waals surface area contributed by atoms with Crippen LogP contribution in [0.25, 0.3) is 0 Å². The highest BCUT2D eigenvalue weighted by atomic mass is 16.5. The maximum absolute atomic E-state index is 12.1. The molecular weight excluding hydrogens is 330 g/mol. The van der Waals surface area contributed by atoms with E-state index in [1.807, 2.05) is 25.1 Å². The molecule has 2 aromatic rings. The predicted octanol–water partition coefficient (Wildman–Crippen LogP) is 3.40. The topological polar surface area (TPSA) is 79.5 Å². The Bertz CT molecular complexity index is 798. The lowest BCUT2D eigenvalue weighted by atomic mass is 10.1. The molecule has 2 aromatic carbocycles. The first kappa shape index (κ1) is 17.8. The molecule has 1 aliphatic rings. The van der Waals surface area contributed by atoms with Crippen LogP contribution in [0.5, 0.6) is 5.75 Å². The van der Waals surface area contributed by atoms with Crippen molar-refractivity contribution in [2.75, 3.05) is 29.6 Å². The van der Waals surface area contributed by atoms with Crippen LogP contribution in [0, 0.1) is 12.8 Å². The van der Waals surface area contributed by atoms with Crippen LogP contribution in [-0.4, -0.2) is 25.5 Å². The summed E-state index contributed by atoms with van der Waals surface area (Å²) in [6, 6.07) is 12.8. The Morgan fingerprint density at radius 3 is 2.38 bits per heavy atom. The number of rotatable bonds is 7. The molecule has 0 unspecified atom stereocenters. The number of nitrogens with one attached hydrogen (secondary N) is 3. The zero-order valence-electron chi connectivity index (χ0n) is 15.0. The summed E-state index contributed by atoms with van der Waals surface area (Å²) in [6.07, 6.45) is 1.93. The van der Waals surface area contributed by atoms with Gasteiger partial charge in [0, 0.05) is 23.0 Å². The Morgan fingerprint density at radius 2 is 1.73 bits per heavy atom. The normalized spacial score (nSPS) is 13.0. The van der Waals surface area contributed by atoms with E-state index >= 15 is 0 Å². The number of methoxy groups -OCH3 is 1. The summed E-state index contributed by atoms with van der Waals surface area (Å²) in [4.78, 5) is 24.1. The number of anilines is 3. The summed E-state index contributed by atoms with van der Waals surface area (Å²) in [5, 5.41) is 8.91. The zero-order chi connectivity index (χ0) is 18.5. The second-order valence-electron chi connectivity index (χ2n) is 6.37. The second-order valence-corrected chi connectivity index (χ2v) is 6.37. The first-order valence-electron chi connectivity index (χ1n) is 8.65. The number of ether oxygens (including phenoxy) is 1. The van der Waals surface area contributed by atoms with Crippen LogP contribution in [-0.2, 0) is 9.59 Å². The van der Waals surface area contributed by atoms with Gasteiger partial charge < -0.3 is 20.7 Å². The van der Waals surface area contributed by atoms with Gasteiger partial charge in [0.1, 0.15) is 5.75 Å². The van der Waals surface area contributed by atoms with Crippen LogP contribution in [0.3, 0.4) is 0 Å². The van der Waals surface area contributed by atoms with E-state index in [9.17, 15) is 9.59 Å². The number of carbonyl (C=O) groups is 2. The van der Waals surface area contributed by atoms with E-state index in [2.05, 4.69) is 16.0 Å². The van der Waals surface area contributed by atoms with E-state index in [-0.39, 0.29) is 24.3 Å². The van der Waals surface area contributed by atoms with E-state index in [0.29, 0.717) is 5.69 Å². The van der Waals surface area contributed by atoms with Gasteiger partial charge in [-0.3, -0.25) is 9.59 Å². The van der Waals surface area contributed by atoms with Crippen molar-refractivity contribution in [3.8, 4) is 5.75 Å². The van der Waals surface area contributed by atoms with Gasteiger partial charge in [0.2, 0.25) is 11.8 Å². The minimum Gasteiger partial charge on any atom is -0.497 e. The van der Waals surface area contributed by atoms with Crippen LogP contribution in [0.1, 0.15) is 18.4 Å². The van der Waals surface area contributed by atoms with E-state index in [1.165, 1.54) is 0 Å². The number of hydrogen-bond acceptors (Lipinski definition) is 4. The SMILES string of the molecule is COc1ccc(NC(=O)CNc2cccc(NC(=O)C3CC3)c2C)cc1. The van der Waals surface area contributed by atoms with E-state index < -0.39 is 0 Å². The molecular formula is C20H23N3O3. The largest absolute Gasteiger partial charge is 0.497 e. The third-order valence-electron chi connectivity index (χ3n) is 4.35. The fourth-order valence-corrected chi connectivity index (χ4v) is 2.60. The monoisotopic (exact) mass is 353 g/mol. The van der Waals surface area contributed by atoms with Crippen molar-refractivity contribution in [1.29, 1.82) is 0 Å². The fourth-order valence-electron chi connectivity index (χ4n) is 2.60. The van der Waals surface area contributed by atoms with Gasteiger partial charge in [0.25, 0.3) is 0 Å². The highest BCUT2D eigenvalue weighted by Crippen LogP contribution is 2.31. The van der Waals surface area contributed by atoms with Crippen LogP contribution < -0.4 is 20.7 Å². The molecule has 0 saturated heterocycles. The molecule has 3 rings (SSSR count). The Labute approximate surface area is 152 Å². The Balaban J connectivity index is 1.56. The fraction of sp³-hybridized carbons (Fsp3) is 0.300. The summed E-state index contributed by atoms with van der Waals surface area (Å²) < 4.78 is 5.09. The molecule has 0 bridgehead atoms. The molecule has 6 nitrogen and oxygen atoms in total. The molecule has 136 valence electrons. The first-order valence-corrected chi connectivity index (χ1v) is 8.65. The predicted molar refractivity (Wildman–Crippen MR) is 103 cm³/mol. The third kappa shape index (κ3) is 4.53. The molecule has 1 fully saturated rings. The molecule has 2 amide bonds. The highest BCUT2D eigenvalue weighted by molar-refractivity contribution is 5.96. The van der Waals surface area contributed by atoms with Crippen LogP contribution in [0.2, 0.25) is 0 Å². The number of hydrogen-bond donors (Lipinski definition) is 3. The molecule has 0 aromatic heterocycles. The molecule has 26 heavy (non-hydrogen) atoms. The molecule has 0 radical (unpaired) electrons. The van der Waals surface area contributed by atoms with Gasteiger partial charge in [-0.25, -0.2) is 0 Å². The molecule has 3 N–H and O–H groups in total.